The van der Waals surface area contributed by atoms with Crippen molar-refractivity contribution in [2.75, 3.05) is 26.3 Å². The summed E-state index contributed by atoms with van der Waals surface area (Å²) in [5, 5.41) is 20.0. The van der Waals surface area contributed by atoms with E-state index in [1.807, 2.05) is 0 Å². The van der Waals surface area contributed by atoms with Gasteiger partial charge in [-0.3, -0.25) is 10.1 Å². The van der Waals surface area contributed by atoms with Gasteiger partial charge in [0.2, 0.25) is 10.0 Å². The molecule has 1 aliphatic heterocycles. The second-order valence-electron chi connectivity index (χ2n) is 4.39. The molecule has 2 rings (SSSR count). The highest BCUT2D eigenvalue weighted by Gasteiger charge is 2.32. The molecule has 0 bridgehead atoms. The zero-order valence-electron chi connectivity index (χ0n) is 11.1. The number of rotatable bonds is 4. The molecule has 0 radical (unpaired) electrons. The number of halogens is 1. The summed E-state index contributed by atoms with van der Waals surface area (Å²) in [6, 6.07) is 1.72. The standard InChI is InChI=1S/C11H11BrN2O7S/c12-10-8(14(17)18)5-7(11(15)16)6-9(10)22(19,20)13-1-3-21-4-2-13/h5-6H,1-4H2,(H,15,16). The fourth-order valence-corrected chi connectivity index (χ4v) is 4.46. The van der Waals surface area contributed by atoms with Crippen LogP contribution in [0.1, 0.15) is 10.4 Å². The molecule has 1 aromatic rings. The molecule has 1 N–H and O–H groups in total. The number of benzene rings is 1. The number of morpholine rings is 1. The Kier molecular flexibility index (Phi) is 4.80. The van der Waals surface area contributed by atoms with Crippen molar-refractivity contribution in [2.45, 2.75) is 4.90 Å². The smallest absolute Gasteiger partial charge is 0.335 e. The second kappa shape index (κ2) is 6.28. The van der Waals surface area contributed by atoms with Crippen LogP contribution in [0.25, 0.3) is 0 Å². The van der Waals surface area contributed by atoms with Crippen LogP contribution in [0.2, 0.25) is 0 Å². The fraction of sp³-hybridized carbons (Fsp3) is 0.364. The van der Waals surface area contributed by atoms with Crippen LogP contribution >= 0.6 is 15.9 Å². The van der Waals surface area contributed by atoms with Crippen molar-refractivity contribution in [3.05, 3.63) is 32.3 Å². The van der Waals surface area contributed by atoms with Crippen molar-refractivity contribution >= 4 is 37.6 Å². The van der Waals surface area contributed by atoms with Gasteiger partial charge < -0.3 is 9.84 Å². The quantitative estimate of drug-likeness (QED) is 0.597. The number of sulfonamides is 1. The summed E-state index contributed by atoms with van der Waals surface area (Å²) >= 11 is 2.90. The second-order valence-corrected chi connectivity index (χ2v) is 7.09. The first-order valence-electron chi connectivity index (χ1n) is 6.04. The molecule has 0 amide bonds. The Labute approximate surface area is 133 Å². The first-order valence-corrected chi connectivity index (χ1v) is 8.27. The van der Waals surface area contributed by atoms with Crippen molar-refractivity contribution in [2.24, 2.45) is 0 Å². The van der Waals surface area contributed by atoms with E-state index in [1.54, 1.807) is 0 Å². The number of aromatic carboxylic acids is 1. The van der Waals surface area contributed by atoms with E-state index in [0.29, 0.717) is 0 Å². The molecule has 9 nitrogen and oxygen atoms in total. The molecule has 11 heteroatoms. The lowest BCUT2D eigenvalue weighted by atomic mass is 10.2. The van der Waals surface area contributed by atoms with Gasteiger partial charge in [-0.05, 0) is 22.0 Å². The third-order valence-electron chi connectivity index (χ3n) is 3.05. The molecule has 1 fully saturated rings. The highest BCUT2D eigenvalue weighted by molar-refractivity contribution is 9.10. The van der Waals surface area contributed by atoms with Gasteiger partial charge in [-0.25, -0.2) is 13.2 Å². The molecule has 1 saturated heterocycles. The van der Waals surface area contributed by atoms with E-state index in [9.17, 15) is 23.3 Å². The van der Waals surface area contributed by atoms with Gasteiger partial charge in [-0.1, -0.05) is 0 Å². The summed E-state index contributed by atoms with van der Waals surface area (Å²) < 4.78 is 31.1. The molecule has 0 unspecified atom stereocenters. The number of ether oxygens (including phenoxy) is 1. The van der Waals surface area contributed by atoms with Crippen molar-refractivity contribution in [3.63, 3.8) is 0 Å². The van der Waals surface area contributed by atoms with Crippen LogP contribution < -0.4 is 0 Å². The number of carboxylic acids is 1. The largest absolute Gasteiger partial charge is 0.478 e. The number of nitro benzene ring substituents is 1. The Hall–Kier alpha value is -1.56. The Morgan fingerprint density at radius 3 is 2.45 bits per heavy atom. The minimum Gasteiger partial charge on any atom is -0.478 e. The summed E-state index contributed by atoms with van der Waals surface area (Å²) in [7, 11) is -4.07. The van der Waals surface area contributed by atoms with E-state index in [0.717, 1.165) is 16.4 Å². The molecule has 1 aromatic carbocycles. The number of carboxylic acid groups (broad SMARTS) is 1. The van der Waals surface area contributed by atoms with Crippen molar-refractivity contribution in [1.82, 2.24) is 4.31 Å². The average molecular weight is 395 g/mol. The van der Waals surface area contributed by atoms with Gasteiger partial charge >= 0.3 is 5.97 Å². The number of hydrogen-bond acceptors (Lipinski definition) is 6. The van der Waals surface area contributed by atoms with Gasteiger partial charge in [-0.15, -0.1) is 0 Å². The van der Waals surface area contributed by atoms with Gasteiger partial charge in [-0.2, -0.15) is 4.31 Å². The molecule has 0 atom stereocenters. The molecule has 0 aromatic heterocycles. The summed E-state index contributed by atoms with van der Waals surface area (Å²) in [5.74, 6) is -1.45. The number of nitro groups is 1. The van der Waals surface area contributed by atoms with E-state index in [1.165, 1.54) is 0 Å². The van der Waals surface area contributed by atoms with E-state index in [4.69, 9.17) is 9.84 Å². The zero-order valence-corrected chi connectivity index (χ0v) is 13.5. The van der Waals surface area contributed by atoms with Crippen LogP contribution in [-0.4, -0.2) is 55.0 Å². The van der Waals surface area contributed by atoms with Gasteiger partial charge in [0.1, 0.15) is 9.37 Å². The van der Waals surface area contributed by atoms with E-state index in [2.05, 4.69) is 15.9 Å². The first kappa shape index (κ1) is 16.8. The van der Waals surface area contributed by atoms with Crippen LogP contribution in [0.15, 0.2) is 21.5 Å². The predicted octanol–water partition coefficient (Wildman–Crippen LogP) is 1.08. The summed E-state index contributed by atoms with van der Waals surface area (Å²) in [6.45, 7) is 0.606. The Morgan fingerprint density at radius 1 is 1.36 bits per heavy atom. The normalized spacial score (nSPS) is 16.4. The van der Waals surface area contributed by atoms with Gasteiger partial charge in [0, 0.05) is 19.2 Å². The maximum absolute atomic E-state index is 12.6. The van der Waals surface area contributed by atoms with Gasteiger partial charge in [0.05, 0.1) is 23.7 Å². The SMILES string of the molecule is O=C(O)c1cc([N+](=O)[O-])c(Br)c(S(=O)(=O)N2CCOCC2)c1. The van der Waals surface area contributed by atoms with Gasteiger partial charge in [0.15, 0.2) is 0 Å². The maximum atomic E-state index is 12.6. The molecule has 0 aliphatic carbocycles. The topological polar surface area (TPSA) is 127 Å². The molecule has 1 heterocycles. The molecule has 120 valence electrons. The lowest BCUT2D eigenvalue weighted by Gasteiger charge is -2.26. The zero-order chi connectivity index (χ0) is 16.5. The lowest BCUT2D eigenvalue weighted by Crippen LogP contribution is -2.40. The highest BCUT2D eigenvalue weighted by Crippen LogP contribution is 2.34. The minimum absolute atomic E-state index is 0.0971. The number of nitrogens with zero attached hydrogens (tertiary/aromatic N) is 2. The monoisotopic (exact) mass is 394 g/mol. The first-order chi connectivity index (χ1) is 10.2. The van der Waals surface area contributed by atoms with Crippen LogP contribution in [0, 0.1) is 10.1 Å². The van der Waals surface area contributed by atoms with Crippen LogP contribution in [0.3, 0.4) is 0 Å². The predicted molar refractivity (Wildman–Crippen MR) is 77.3 cm³/mol. The van der Waals surface area contributed by atoms with E-state index < -0.39 is 37.1 Å². The third-order valence-corrected chi connectivity index (χ3v) is 6.07. The molecular weight excluding hydrogens is 384 g/mol. The highest BCUT2D eigenvalue weighted by atomic mass is 79.9. The lowest BCUT2D eigenvalue weighted by molar-refractivity contribution is -0.385. The van der Waals surface area contributed by atoms with Crippen molar-refractivity contribution in [3.8, 4) is 0 Å². The number of hydrogen-bond donors (Lipinski definition) is 1. The minimum atomic E-state index is -4.07. The molecule has 22 heavy (non-hydrogen) atoms. The fourth-order valence-electron chi connectivity index (χ4n) is 1.95. The van der Waals surface area contributed by atoms with Gasteiger partial charge in [0.25, 0.3) is 5.69 Å². The average Bonchev–Trinajstić information content (AvgIpc) is 2.47. The van der Waals surface area contributed by atoms with E-state index >= 15 is 0 Å². The molecule has 0 spiro atoms. The number of carbonyl (C=O) groups is 1. The van der Waals surface area contributed by atoms with Crippen molar-refractivity contribution in [1.29, 1.82) is 0 Å². The van der Waals surface area contributed by atoms with E-state index in [-0.39, 0.29) is 30.8 Å². The Balaban J connectivity index is 2.62. The van der Waals surface area contributed by atoms with Crippen LogP contribution in [-0.2, 0) is 14.8 Å². The molecule has 1 aliphatic rings. The Bertz CT molecular complexity index is 728. The van der Waals surface area contributed by atoms with Crippen LogP contribution in [0.4, 0.5) is 5.69 Å². The summed E-state index contributed by atoms with van der Waals surface area (Å²) in [5.41, 5.74) is -1.09. The van der Waals surface area contributed by atoms with Crippen LogP contribution in [0.5, 0.6) is 0 Å². The third kappa shape index (κ3) is 3.11. The van der Waals surface area contributed by atoms with Crippen molar-refractivity contribution < 1.29 is 28.0 Å². The molecular formula is C11H11BrN2O7S. The summed E-state index contributed by atoms with van der Waals surface area (Å²) in [4.78, 5) is 20.8. The maximum Gasteiger partial charge on any atom is 0.335 e. The molecule has 0 saturated carbocycles. The Morgan fingerprint density at radius 2 is 1.95 bits per heavy atom. The summed E-state index contributed by atoms with van der Waals surface area (Å²) in [6.07, 6.45) is 0.